The van der Waals surface area contributed by atoms with Gasteiger partial charge in [0, 0.05) is 6.08 Å². The van der Waals surface area contributed by atoms with E-state index < -0.39 is 11.9 Å². The highest BCUT2D eigenvalue weighted by molar-refractivity contribution is 6.02. The molecule has 31 heavy (non-hydrogen) atoms. The largest absolute Gasteiger partial charge is 0.497 e. The minimum Gasteiger partial charge on any atom is -0.497 e. The van der Waals surface area contributed by atoms with Crippen LogP contribution in [0.25, 0.3) is 12.2 Å². The van der Waals surface area contributed by atoms with Crippen molar-refractivity contribution in [2.45, 2.75) is 6.61 Å². The molecule has 0 atom stereocenters. The molecule has 156 valence electrons. The normalized spacial score (nSPS) is 11.2. The first-order valence-electron chi connectivity index (χ1n) is 9.75. The molecule has 0 bridgehead atoms. The second kappa shape index (κ2) is 11.2. The highest BCUT2D eigenvalue weighted by atomic mass is 16.5. The Kier molecular flexibility index (Phi) is 7.77. The van der Waals surface area contributed by atoms with E-state index in [4.69, 9.17) is 9.47 Å². The summed E-state index contributed by atoms with van der Waals surface area (Å²) in [5, 5.41) is 2.63. The second-order valence-electron chi connectivity index (χ2n) is 6.63. The Bertz CT molecular complexity index is 1060. The van der Waals surface area contributed by atoms with Gasteiger partial charge in [-0.05, 0) is 41.0 Å². The van der Waals surface area contributed by atoms with Crippen LogP contribution in [0.15, 0.2) is 96.7 Å². The van der Waals surface area contributed by atoms with Crippen LogP contribution in [-0.2, 0) is 20.9 Å². The van der Waals surface area contributed by atoms with Gasteiger partial charge in [-0.2, -0.15) is 0 Å². The van der Waals surface area contributed by atoms with E-state index in [2.05, 4.69) is 5.32 Å². The molecule has 3 aromatic rings. The van der Waals surface area contributed by atoms with Crippen LogP contribution in [0.2, 0.25) is 0 Å². The first kappa shape index (κ1) is 21.6. The lowest BCUT2D eigenvalue weighted by atomic mass is 10.1. The molecule has 0 saturated heterocycles. The number of rotatable bonds is 8. The summed E-state index contributed by atoms with van der Waals surface area (Å²) in [6.45, 7) is 0.106. The SMILES string of the molecule is COc1ccc(/C=C(\NC(=O)/C=C/c2ccccc2)C(=O)OCc2ccccc2)cc1. The number of hydrogen-bond donors (Lipinski definition) is 1. The molecule has 1 amide bonds. The van der Waals surface area contributed by atoms with Crippen molar-refractivity contribution in [3.05, 3.63) is 113 Å². The third-order valence-electron chi connectivity index (χ3n) is 4.34. The molecule has 0 aliphatic heterocycles. The average Bonchev–Trinajstić information content (AvgIpc) is 2.82. The minimum atomic E-state index is -0.624. The summed E-state index contributed by atoms with van der Waals surface area (Å²) in [5.74, 6) is -0.360. The molecule has 0 aromatic heterocycles. The summed E-state index contributed by atoms with van der Waals surface area (Å²) in [6, 6.07) is 25.9. The Balaban J connectivity index is 1.75. The third-order valence-corrected chi connectivity index (χ3v) is 4.34. The van der Waals surface area contributed by atoms with Crippen molar-refractivity contribution in [1.82, 2.24) is 5.32 Å². The standard InChI is InChI=1S/C26H23NO4/c1-30-23-15-12-21(13-16-23)18-24(26(29)31-19-22-10-6-3-7-11-22)27-25(28)17-14-20-8-4-2-5-9-20/h2-18H,19H2,1H3,(H,27,28)/b17-14+,24-18-. The number of carbonyl (C=O) groups excluding carboxylic acids is 2. The molecule has 5 nitrogen and oxygen atoms in total. The fourth-order valence-electron chi connectivity index (χ4n) is 2.72. The van der Waals surface area contributed by atoms with E-state index in [1.54, 1.807) is 43.5 Å². The molecule has 0 aliphatic rings. The monoisotopic (exact) mass is 413 g/mol. The van der Waals surface area contributed by atoms with Gasteiger partial charge in [-0.25, -0.2) is 4.79 Å². The van der Waals surface area contributed by atoms with E-state index in [0.717, 1.165) is 16.7 Å². The summed E-state index contributed by atoms with van der Waals surface area (Å²) in [7, 11) is 1.58. The predicted octanol–water partition coefficient (Wildman–Crippen LogP) is 4.61. The summed E-state index contributed by atoms with van der Waals surface area (Å²) in [4.78, 5) is 25.1. The Morgan fingerprint density at radius 1 is 0.839 bits per heavy atom. The zero-order chi connectivity index (χ0) is 21.9. The van der Waals surface area contributed by atoms with Gasteiger partial charge in [0.1, 0.15) is 18.1 Å². The number of hydrogen-bond acceptors (Lipinski definition) is 4. The van der Waals surface area contributed by atoms with E-state index >= 15 is 0 Å². The number of carbonyl (C=O) groups is 2. The Morgan fingerprint density at radius 2 is 1.48 bits per heavy atom. The minimum absolute atomic E-state index is 0.0452. The van der Waals surface area contributed by atoms with Gasteiger partial charge in [0.25, 0.3) is 0 Å². The summed E-state index contributed by atoms with van der Waals surface area (Å²) < 4.78 is 10.6. The van der Waals surface area contributed by atoms with E-state index in [9.17, 15) is 9.59 Å². The van der Waals surface area contributed by atoms with Crippen molar-refractivity contribution in [2.24, 2.45) is 0 Å². The fraction of sp³-hybridized carbons (Fsp3) is 0.0769. The van der Waals surface area contributed by atoms with Gasteiger partial charge >= 0.3 is 5.97 Å². The molecule has 0 saturated carbocycles. The van der Waals surface area contributed by atoms with Gasteiger partial charge in [-0.3, -0.25) is 4.79 Å². The highest BCUT2D eigenvalue weighted by Crippen LogP contribution is 2.14. The first-order chi connectivity index (χ1) is 15.1. The van der Waals surface area contributed by atoms with Gasteiger partial charge in [0.05, 0.1) is 7.11 Å². The van der Waals surface area contributed by atoms with Crippen molar-refractivity contribution in [3.8, 4) is 5.75 Å². The maximum atomic E-state index is 12.7. The number of nitrogens with one attached hydrogen (secondary N) is 1. The zero-order valence-electron chi connectivity index (χ0n) is 17.2. The Hall–Kier alpha value is -4.12. The maximum Gasteiger partial charge on any atom is 0.355 e. The van der Waals surface area contributed by atoms with Gasteiger partial charge in [0.2, 0.25) is 5.91 Å². The number of methoxy groups -OCH3 is 1. The molecular formula is C26H23NO4. The number of amides is 1. The zero-order valence-corrected chi connectivity index (χ0v) is 17.2. The van der Waals surface area contributed by atoms with Gasteiger partial charge in [-0.15, -0.1) is 0 Å². The van der Waals surface area contributed by atoms with Crippen LogP contribution in [0.5, 0.6) is 5.75 Å². The number of benzene rings is 3. The molecule has 1 N–H and O–H groups in total. The average molecular weight is 413 g/mol. The van der Waals surface area contributed by atoms with Crippen LogP contribution in [0, 0.1) is 0 Å². The van der Waals surface area contributed by atoms with E-state index in [1.807, 2.05) is 60.7 Å². The third kappa shape index (κ3) is 7.01. The Labute approximate surface area is 181 Å². The van der Waals surface area contributed by atoms with Crippen molar-refractivity contribution in [3.63, 3.8) is 0 Å². The van der Waals surface area contributed by atoms with Crippen molar-refractivity contribution >= 4 is 24.0 Å². The summed E-state index contributed by atoms with van der Waals surface area (Å²) in [5.41, 5.74) is 2.50. The van der Waals surface area contributed by atoms with Crippen molar-refractivity contribution in [2.75, 3.05) is 7.11 Å². The van der Waals surface area contributed by atoms with Crippen LogP contribution in [0.3, 0.4) is 0 Å². The summed E-state index contributed by atoms with van der Waals surface area (Å²) in [6.07, 6.45) is 4.62. The number of ether oxygens (including phenoxy) is 2. The van der Waals surface area contributed by atoms with Crippen molar-refractivity contribution < 1.29 is 19.1 Å². The summed E-state index contributed by atoms with van der Waals surface area (Å²) >= 11 is 0. The number of esters is 1. The maximum absolute atomic E-state index is 12.7. The van der Waals surface area contributed by atoms with Gasteiger partial charge in [0.15, 0.2) is 0 Å². The van der Waals surface area contributed by atoms with Gasteiger partial charge in [-0.1, -0.05) is 72.8 Å². The van der Waals surface area contributed by atoms with Crippen molar-refractivity contribution in [1.29, 1.82) is 0 Å². The topological polar surface area (TPSA) is 64.6 Å². The smallest absolute Gasteiger partial charge is 0.355 e. The molecule has 0 unspecified atom stereocenters. The molecule has 0 fully saturated rings. The van der Waals surface area contributed by atoms with E-state index in [1.165, 1.54) is 6.08 Å². The quantitative estimate of drug-likeness (QED) is 0.433. The molecule has 5 heteroatoms. The second-order valence-corrected chi connectivity index (χ2v) is 6.63. The van der Waals surface area contributed by atoms with Crippen LogP contribution in [0.1, 0.15) is 16.7 Å². The van der Waals surface area contributed by atoms with Crippen LogP contribution in [-0.4, -0.2) is 19.0 Å². The van der Waals surface area contributed by atoms with Crippen LogP contribution in [0.4, 0.5) is 0 Å². The molecule has 3 rings (SSSR count). The molecule has 0 heterocycles. The lowest BCUT2D eigenvalue weighted by Gasteiger charge is -2.10. The first-order valence-corrected chi connectivity index (χ1v) is 9.75. The molecule has 0 spiro atoms. The van der Waals surface area contributed by atoms with Crippen LogP contribution < -0.4 is 10.1 Å². The van der Waals surface area contributed by atoms with E-state index in [0.29, 0.717) is 5.75 Å². The lowest BCUT2D eigenvalue weighted by Crippen LogP contribution is -2.27. The van der Waals surface area contributed by atoms with Crippen LogP contribution >= 0.6 is 0 Å². The van der Waals surface area contributed by atoms with Gasteiger partial charge < -0.3 is 14.8 Å². The highest BCUT2D eigenvalue weighted by Gasteiger charge is 2.14. The fourth-order valence-corrected chi connectivity index (χ4v) is 2.72. The molecule has 0 radical (unpaired) electrons. The Morgan fingerprint density at radius 3 is 2.13 bits per heavy atom. The molecular weight excluding hydrogens is 390 g/mol. The molecule has 3 aromatic carbocycles. The predicted molar refractivity (Wildman–Crippen MR) is 121 cm³/mol. The molecule has 0 aliphatic carbocycles. The lowest BCUT2D eigenvalue weighted by molar-refractivity contribution is -0.141. The van der Waals surface area contributed by atoms with E-state index in [-0.39, 0.29) is 12.3 Å².